The summed E-state index contributed by atoms with van der Waals surface area (Å²) < 4.78 is 0. The standard InChI is InChI=1S/C12H9N3OS2/c13-7-9-4-6-17-12(9)15-10(16)8-18-11-3-1-2-5-14-11/h1-6H,8H2,(H,15,16). The molecule has 0 radical (unpaired) electrons. The van der Waals surface area contributed by atoms with Crippen LogP contribution >= 0.6 is 23.1 Å². The van der Waals surface area contributed by atoms with Gasteiger partial charge in [0.2, 0.25) is 5.91 Å². The molecule has 18 heavy (non-hydrogen) atoms. The highest BCUT2D eigenvalue weighted by atomic mass is 32.2. The molecule has 0 aromatic carbocycles. The SMILES string of the molecule is N#Cc1ccsc1NC(=O)CSc1ccccn1. The molecular weight excluding hydrogens is 266 g/mol. The lowest BCUT2D eigenvalue weighted by atomic mass is 10.3. The maximum absolute atomic E-state index is 11.7. The fraction of sp³-hybridized carbons (Fsp3) is 0.0833. The summed E-state index contributed by atoms with van der Waals surface area (Å²) in [6.45, 7) is 0. The summed E-state index contributed by atoms with van der Waals surface area (Å²) in [4.78, 5) is 15.8. The molecular formula is C12H9N3OS2. The van der Waals surface area contributed by atoms with Gasteiger partial charge in [0, 0.05) is 6.20 Å². The number of hydrogen-bond acceptors (Lipinski definition) is 5. The number of thiophene rings is 1. The fourth-order valence-corrected chi connectivity index (χ4v) is 2.64. The predicted octanol–water partition coefficient (Wildman–Crippen LogP) is 2.75. The molecule has 0 spiro atoms. The molecule has 2 aromatic rings. The minimum absolute atomic E-state index is 0.135. The second kappa shape index (κ2) is 6.19. The van der Waals surface area contributed by atoms with Gasteiger partial charge in [-0.05, 0) is 23.6 Å². The van der Waals surface area contributed by atoms with Gasteiger partial charge in [-0.15, -0.1) is 11.3 Å². The maximum Gasteiger partial charge on any atom is 0.235 e. The first kappa shape index (κ1) is 12.6. The average Bonchev–Trinajstić information content (AvgIpc) is 2.85. The molecule has 0 bridgehead atoms. The van der Waals surface area contributed by atoms with Crippen LogP contribution in [0.4, 0.5) is 5.00 Å². The molecule has 1 amide bonds. The lowest BCUT2D eigenvalue weighted by molar-refractivity contribution is -0.113. The molecule has 0 unspecified atom stereocenters. The second-order valence-corrected chi connectivity index (χ2v) is 5.19. The minimum Gasteiger partial charge on any atom is -0.316 e. The number of carbonyl (C=O) groups excluding carboxylic acids is 1. The largest absolute Gasteiger partial charge is 0.316 e. The highest BCUT2D eigenvalue weighted by molar-refractivity contribution is 7.99. The Kier molecular flexibility index (Phi) is 4.34. The van der Waals surface area contributed by atoms with Crippen molar-refractivity contribution >= 4 is 34.0 Å². The van der Waals surface area contributed by atoms with Crippen molar-refractivity contribution in [1.82, 2.24) is 4.98 Å². The van der Waals surface area contributed by atoms with E-state index in [1.54, 1.807) is 17.6 Å². The van der Waals surface area contributed by atoms with E-state index in [9.17, 15) is 4.79 Å². The minimum atomic E-state index is -0.135. The van der Waals surface area contributed by atoms with Crippen LogP contribution < -0.4 is 5.32 Å². The number of nitrogens with zero attached hydrogens (tertiary/aromatic N) is 2. The molecule has 0 aliphatic carbocycles. The Bertz CT molecular complexity index is 575. The zero-order valence-electron chi connectivity index (χ0n) is 9.29. The van der Waals surface area contributed by atoms with Crippen molar-refractivity contribution in [2.24, 2.45) is 0 Å². The van der Waals surface area contributed by atoms with Gasteiger partial charge in [0.1, 0.15) is 11.1 Å². The number of rotatable bonds is 4. The monoisotopic (exact) mass is 275 g/mol. The topological polar surface area (TPSA) is 65.8 Å². The van der Waals surface area contributed by atoms with E-state index in [2.05, 4.69) is 10.3 Å². The van der Waals surface area contributed by atoms with Crippen LogP contribution in [-0.2, 0) is 4.79 Å². The average molecular weight is 275 g/mol. The zero-order chi connectivity index (χ0) is 12.8. The molecule has 2 aromatic heterocycles. The van der Waals surface area contributed by atoms with Crippen molar-refractivity contribution in [3.63, 3.8) is 0 Å². The van der Waals surface area contributed by atoms with Crippen molar-refractivity contribution in [1.29, 1.82) is 5.26 Å². The molecule has 0 aliphatic heterocycles. The van der Waals surface area contributed by atoms with Crippen molar-refractivity contribution < 1.29 is 4.79 Å². The summed E-state index contributed by atoms with van der Waals surface area (Å²) >= 11 is 2.71. The highest BCUT2D eigenvalue weighted by Gasteiger charge is 2.08. The molecule has 0 fully saturated rings. The summed E-state index contributed by atoms with van der Waals surface area (Å²) in [6.07, 6.45) is 1.69. The molecule has 1 N–H and O–H groups in total. The van der Waals surface area contributed by atoms with Crippen LogP contribution in [0.2, 0.25) is 0 Å². The van der Waals surface area contributed by atoms with Crippen LogP contribution in [0.3, 0.4) is 0 Å². The molecule has 6 heteroatoms. The number of aromatic nitrogens is 1. The first-order valence-electron chi connectivity index (χ1n) is 5.11. The van der Waals surface area contributed by atoms with E-state index in [1.807, 2.05) is 24.3 Å². The van der Waals surface area contributed by atoms with Gasteiger partial charge in [-0.3, -0.25) is 4.79 Å². The lowest BCUT2D eigenvalue weighted by Crippen LogP contribution is -2.13. The lowest BCUT2D eigenvalue weighted by Gasteiger charge is -2.02. The third kappa shape index (κ3) is 3.32. The van der Waals surface area contributed by atoms with Crippen LogP contribution in [0, 0.1) is 11.3 Å². The van der Waals surface area contributed by atoms with Crippen molar-refractivity contribution in [2.45, 2.75) is 5.03 Å². The summed E-state index contributed by atoms with van der Waals surface area (Å²) in [7, 11) is 0. The second-order valence-electron chi connectivity index (χ2n) is 3.28. The van der Waals surface area contributed by atoms with Gasteiger partial charge in [-0.1, -0.05) is 17.8 Å². The van der Waals surface area contributed by atoms with Crippen LogP contribution in [0.25, 0.3) is 0 Å². The fourth-order valence-electron chi connectivity index (χ4n) is 1.23. The number of anilines is 1. The van der Waals surface area contributed by atoms with Crippen LogP contribution in [0.15, 0.2) is 40.9 Å². The van der Waals surface area contributed by atoms with Gasteiger partial charge < -0.3 is 5.32 Å². The van der Waals surface area contributed by atoms with Crippen LogP contribution in [-0.4, -0.2) is 16.6 Å². The molecule has 0 saturated carbocycles. The maximum atomic E-state index is 11.7. The Morgan fingerprint density at radius 3 is 3.11 bits per heavy atom. The predicted molar refractivity (Wildman–Crippen MR) is 72.6 cm³/mol. The Hall–Kier alpha value is -1.84. The summed E-state index contributed by atoms with van der Waals surface area (Å²) in [5.41, 5.74) is 0.496. The Morgan fingerprint density at radius 1 is 1.50 bits per heavy atom. The molecule has 0 aliphatic rings. The smallest absolute Gasteiger partial charge is 0.235 e. The summed E-state index contributed by atoms with van der Waals surface area (Å²) in [5.74, 6) is 0.143. The molecule has 0 atom stereocenters. The number of amides is 1. The van der Waals surface area contributed by atoms with Crippen LogP contribution in [0.1, 0.15) is 5.56 Å². The van der Waals surface area contributed by atoms with E-state index in [0.29, 0.717) is 10.6 Å². The Labute approximate surface area is 113 Å². The van der Waals surface area contributed by atoms with Crippen molar-refractivity contribution in [3.8, 4) is 6.07 Å². The van der Waals surface area contributed by atoms with E-state index in [0.717, 1.165) is 5.03 Å². The van der Waals surface area contributed by atoms with Crippen molar-refractivity contribution in [2.75, 3.05) is 11.1 Å². The summed E-state index contributed by atoms with van der Waals surface area (Å²) in [6, 6.07) is 9.27. The van der Waals surface area contributed by atoms with Crippen LogP contribution in [0.5, 0.6) is 0 Å². The molecule has 2 heterocycles. The van der Waals surface area contributed by atoms with Gasteiger partial charge >= 0.3 is 0 Å². The Morgan fingerprint density at radius 2 is 2.39 bits per heavy atom. The third-order valence-corrected chi connectivity index (χ3v) is 3.80. The van der Waals surface area contributed by atoms with E-state index < -0.39 is 0 Å². The van der Waals surface area contributed by atoms with Gasteiger partial charge in [-0.2, -0.15) is 5.26 Å². The van der Waals surface area contributed by atoms with E-state index >= 15 is 0 Å². The molecule has 90 valence electrons. The zero-order valence-corrected chi connectivity index (χ0v) is 10.9. The van der Waals surface area contributed by atoms with Gasteiger partial charge in [-0.25, -0.2) is 4.98 Å². The molecule has 2 rings (SSSR count). The van der Waals surface area contributed by atoms with Gasteiger partial charge in [0.15, 0.2) is 0 Å². The normalized spacial score (nSPS) is 9.72. The molecule has 0 saturated heterocycles. The number of pyridine rings is 1. The van der Waals surface area contributed by atoms with Gasteiger partial charge in [0.25, 0.3) is 0 Å². The number of nitrogens with one attached hydrogen (secondary N) is 1. The number of thioether (sulfide) groups is 1. The molecule has 4 nitrogen and oxygen atoms in total. The number of carbonyl (C=O) groups is 1. The number of hydrogen-bond donors (Lipinski definition) is 1. The highest BCUT2D eigenvalue weighted by Crippen LogP contribution is 2.22. The summed E-state index contributed by atoms with van der Waals surface area (Å²) in [5, 5.41) is 14.7. The van der Waals surface area contributed by atoms with E-state index in [1.165, 1.54) is 23.1 Å². The van der Waals surface area contributed by atoms with E-state index in [-0.39, 0.29) is 11.7 Å². The quantitative estimate of drug-likeness (QED) is 0.871. The first-order valence-corrected chi connectivity index (χ1v) is 6.97. The third-order valence-electron chi connectivity index (χ3n) is 2.03. The van der Waals surface area contributed by atoms with E-state index in [4.69, 9.17) is 5.26 Å². The van der Waals surface area contributed by atoms with Crippen molar-refractivity contribution in [3.05, 3.63) is 41.4 Å². The van der Waals surface area contributed by atoms with Gasteiger partial charge in [0.05, 0.1) is 16.3 Å². The number of nitriles is 1. The first-order chi connectivity index (χ1) is 8.79. The Balaban J connectivity index is 1.88.